The molecule has 1 heterocycles. The van der Waals surface area contributed by atoms with Crippen molar-refractivity contribution < 1.29 is 18.0 Å². The van der Waals surface area contributed by atoms with E-state index in [1.54, 1.807) is 0 Å². The quantitative estimate of drug-likeness (QED) is 0.888. The number of carbonyl (C=O) groups is 1. The van der Waals surface area contributed by atoms with Crippen LogP contribution in [0.2, 0.25) is 5.02 Å². The highest BCUT2D eigenvalue weighted by molar-refractivity contribution is 6.31. The van der Waals surface area contributed by atoms with Crippen LogP contribution >= 0.6 is 11.6 Å². The second-order valence-corrected chi connectivity index (χ2v) is 3.79. The molecule has 0 aliphatic rings. The number of nitrogens with one attached hydrogen (secondary N) is 2. The van der Waals surface area contributed by atoms with E-state index in [-0.39, 0.29) is 11.5 Å². The number of hydrogen-bond donors (Lipinski definition) is 2. The van der Waals surface area contributed by atoms with Crippen LogP contribution in [0.5, 0.6) is 0 Å². The lowest BCUT2D eigenvalue weighted by Gasteiger charge is -2.10. The first-order chi connectivity index (χ1) is 8.88. The summed E-state index contributed by atoms with van der Waals surface area (Å²) in [6.45, 7) is 0. The van der Waals surface area contributed by atoms with Gasteiger partial charge in [-0.2, -0.15) is 18.4 Å². The number of aromatic amines is 1. The number of carbonyl (C=O) groups excluding carboxylic acids is 1. The maximum Gasteiger partial charge on any atom is 0.417 e. The highest BCUT2D eigenvalue weighted by atomic mass is 35.5. The third-order valence-electron chi connectivity index (χ3n) is 2.10. The minimum absolute atomic E-state index is 0.145. The summed E-state index contributed by atoms with van der Waals surface area (Å²) in [5, 5.41) is 13.8. The number of halogens is 4. The van der Waals surface area contributed by atoms with Crippen LogP contribution in [-0.4, -0.2) is 26.5 Å². The molecule has 0 saturated heterocycles. The molecule has 0 aliphatic carbocycles. The number of anilines is 1. The summed E-state index contributed by atoms with van der Waals surface area (Å²) in [6.07, 6.45) is -4.64. The van der Waals surface area contributed by atoms with E-state index in [1.807, 2.05) is 0 Å². The first-order valence-electron chi connectivity index (χ1n) is 4.79. The number of benzene rings is 1. The van der Waals surface area contributed by atoms with Gasteiger partial charge in [-0.05, 0) is 23.4 Å². The Labute approximate surface area is 109 Å². The van der Waals surface area contributed by atoms with E-state index < -0.39 is 22.7 Å². The second kappa shape index (κ2) is 4.84. The Morgan fingerprint density at radius 3 is 2.68 bits per heavy atom. The zero-order valence-corrected chi connectivity index (χ0v) is 9.75. The van der Waals surface area contributed by atoms with Gasteiger partial charge >= 0.3 is 6.18 Å². The van der Waals surface area contributed by atoms with Crippen molar-refractivity contribution >= 4 is 23.5 Å². The summed E-state index contributed by atoms with van der Waals surface area (Å²) in [5.41, 5.74) is -1.31. The average molecular weight is 292 g/mol. The molecule has 0 fully saturated rings. The van der Waals surface area contributed by atoms with Gasteiger partial charge in [0, 0.05) is 5.56 Å². The van der Waals surface area contributed by atoms with Crippen molar-refractivity contribution in [3.63, 3.8) is 0 Å². The van der Waals surface area contributed by atoms with Crippen LogP contribution in [0.25, 0.3) is 0 Å². The van der Waals surface area contributed by atoms with Crippen LogP contribution in [-0.2, 0) is 6.18 Å². The van der Waals surface area contributed by atoms with E-state index >= 15 is 0 Å². The van der Waals surface area contributed by atoms with E-state index in [4.69, 9.17) is 11.6 Å². The van der Waals surface area contributed by atoms with Crippen molar-refractivity contribution in [1.29, 1.82) is 0 Å². The fourth-order valence-electron chi connectivity index (χ4n) is 1.27. The maximum atomic E-state index is 12.6. The van der Waals surface area contributed by atoms with E-state index in [2.05, 4.69) is 25.9 Å². The van der Waals surface area contributed by atoms with Crippen molar-refractivity contribution in [3.8, 4) is 0 Å². The van der Waals surface area contributed by atoms with Gasteiger partial charge in [-0.3, -0.25) is 10.1 Å². The van der Waals surface area contributed by atoms with Crippen LogP contribution < -0.4 is 5.32 Å². The third-order valence-corrected chi connectivity index (χ3v) is 2.43. The molecule has 0 unspecified atom stereocenters. The average Bonchev–Trinajstić information content (AvgIpc) is 2.80. The van der Waals surface area contributed by atoms with E-state index in [0.29, 0.717) is 6.07 Å². The molecule has 100 valence electrons. The lowest BCUT2D eigenvalue weighted by molar-refractivity contribution is -0.137. The number of aromatic nitrogens is 4. The zero-order chi connectivity index (χ0) is 14.0. The van der Waals surface area contributed by atoms with Crippen molar-refractivity contribution in [3.05, 3.63) is 34.3 Å². The van der Waals surface area contributed by atoms with Crippen LogP contribution in [0.3, 0.4) is 0 Å². The largest absolute Gasteiger partial charge is 0.417 e. The van der Waals surface area contributed by atoms with Gasteiger partial charge in [0.25, 0.3) is 11.9 Å². The van der Waals surface area contributed by atoms with Gasteiger partial charge in [0.05, 0.1) is 10.6 Å². The number of H-pyrrole nitrogens is 1. The minimum atomic E-state index is -4.64. The summed E-state index contributed by atoms with van der Waals surface area (Å²) >= 11 is 5.44. The molecule has 1 amide bonds. The molecule has 0 atom stereocenters. The number of amides is 1. The summed E-state index contributed by atoms with van der Waals surface area (Å²) in [7, 11) is 0. The normalized spacial score (nSPS) is 11.4. The Hall–Kier alpha value is -2.16. The monoisotopic (exact) mass is 291 g/mol. The molecule has 6 nitrogen and oxygen atoms in total. The lowest BCUT2D eigenvalue weighted by atomic mass is 10.1. The van der Waals surface area contributed by atoms with Gasteiger partial charge in [-0.15, -0.1) is 5.10 Å². The van der Waals surface area contributed by atoms with Gasteiger partial charge in [0.1, 0.15) is 0 Å². The Balaban J connectivity index is 2.28. The fourth-order valence-corrected chi connectivity index (χ4v) is 1.50. The standard InChI is InChI=1S/C9H5ClF3N5O/c10-6-2-1-4(3-5(6)9(11,12)13)7(19)14-8-15-17-18-16-8/h1-3H,(H2,14,15,16,17,18,19). The highest BCUT2D eigenvalue weighted by Crippen LogP contribution is 2.35. The molecule has 0 radical (unpaired) electrons. The topological polar surface area (TPSA) is 83.6 Å². The molecule has 0 spiro atoms. The van der Waals surface area contributed by atoms with Crippen LogP contribution in [0.1, 0.15) is 15.9 Å². The van der Waals surface area contributed by atoms with E-state index in [0.717, 1.165) is 12.1 Å². The van der Waals surface area contributed by atoms with Crippen molar-refractivity contribution in [2.45, 2.75) is 6.18 Å². The highest BCUT2D eigenvalue weighted by Gasteiger charge is 2.33. The van der Waals surface area contributed by atoms with Crippen molar-refractivity contribution in [1.82, 2.24) is 20.6 Å². The predicted molar refractivity (Wildman–Crippen MR) is 58.6 cm³/mol. The Morgan fingerprint density at radius 2 is 2.11 bits per heavy atom. The van der Waals surface area contributed by atoms with Gasteiger partial charge in [-0.1, -0.05) is 16.7 Å². The summed E-state index contributed by atoms with van der Waals surface area (Å²) in [5.74, 6) is -0.947. The predicted octanol–water partition coefficient (Wildman–Crippen LogP) is 2.12. The second-order valence-electron chi connectivity index (χ2n) is 3.38. The van der Waals surface area contributed by atoms with Crippen molar-refractivity contribution in [2.75, 3.05) is 5.32 Å². The fraction of sp³-hybridized carbons (Fsp3) is 0.111. The van der Waals surface area contributed by atoms with Gasteiger partial charge < -0.3 is 0 Å². The molecule has 10 heteroatoms. The molecular weight excluding hydrogens is 287 g/mol. The smallest absolute Gasteiger partial charge is 0.288 e. The molecule has 0 aliphatic heterocycles. The molecule has 0 saturated carbocycles. The molecule has 2 aromatic rings. The first kappa shape index (κ1) is 13.3. The SMILES string of the molecule is O=C(Nc1nn[nH]n1)c1ccc(Cl)c(C(F)(F)F)c1. The number of rotatable bonds is 2. The summed E-state index contributed by atoms with van der Waals surface area (Å²) < 4.78 is 37.8. The van der Waals surface area contributed by atoms with Crippen LogP contribution in [0.4, 0.5) is 19.1 Å². The molecular formula is C9H5ClF3N5O. The van der Waals surface area contributed by atoms with E-state index in [9.17, 15) is 18.0 Å². The zero-order valence-electron chi connectivity index (χ0n) is 8.99. The first-order valence-corrected chi connectivity index (χ1v) is 5.17. The van der Waals surface area contributed by atoms with Gasteiger partial charge in [-0.25, -0.2) is 0 Å². The molecule has 1 aromatic heterocycles. The summed E-state index contributed by atoms with van der Waals surface area (Å²) in [4.78, 5) is 11.7. The number of alkyl halides is 3. The Kier molecular flexibility index (Phi) is 3.38. The van der Waals surface area contributed by atoms with Crippen LogP contribution in [0.15, 0.2) is 18.2 Å². The minimum Gasteiger partial charge on any atom is -0.288 e. The molecule has 0 bridgehead atoms. The van der Waals surface area contributed by atoms with E-state index in [1.165, 1.54) is 0 Å². The maximum absolute atomic E-state index is 12.6. The van der Waals surface area contributed by atoms with Gasteiger partial charge in [0.2, 0.25) is 0 Å². The Bertz CT molecular complexity index is 598. The van der Waals surface area contributed by atoms with Crippen LogP contribution in [0, 0.1) is 0 Å². The molecule has 1 aromatic carbocycles. The number of hydrogen-bond acceptors (Lipinski definition) is 4. The number of nitrogens with zero attached hydrogens (tertiary/aromatic N) is 3. The molecule has 2 rings (SSSR count). The lowest BCUT2D eigenvalue weighted by Crippen LogP contribution is -2.15. The third kappa shape index (κ3) is 2.99. The summed E-state index contributed by atoms with van der Waals surface area (Å²) in [6, 6.07) is 2.81. The molecule has 19 heavy (non-hydrogen) atoms. The number of tetrazole rings is 1. The Morgan fingerprint density at radius 1 is 1.37 bits per heavy atom. The van der Waals surface area contributed by atoms with Gasteiger partial charge in [0.15, 0.2) is 0 Å². The molecule has 2 N–H and O–H groups in total. The van der Waals surface area contributed by atoms with Crippen molar-refractivity contribution in [2.24, 2.45) is 0 Å².